The Morgan fingerprint density at radius 1 is 0.401 bits per heavy atom. The van der Waals surface area contributed by atoms with Crippen LogP contribution in [0.1, 0.15) is 94.4 Å². The molecule has 16 aromatic rings. The monoisotopic (exact) mass is 2170 g/mol. The van der Waals surface area contributed by atoms with Crippen molar-refractivity contribution >= 4 is 127 Å². The summed E-state index contributed by atoms with van der Waals surface area (Å²) in [6, 6.07) is 68.1. The fourth-order valence-electron chi connectivity index (χ4n) is 18.6. The molecule has 714 valence electrons. The van der Waals surface area contributed by atoms with Gasteiger partial charge in [-0.15, -0.1) is 0 Å². The number of aromatic nitrogens is 9. The second kappa shape index (κ2) is 41.1. The maximum absolute atomic E-state index is 13.7. The topological polar surface area (TPSA) is 284 Å². The summed E-state index contributed by atoms with van der Waals surface area (Å²) in [6.45, 7) is 14.0. The highest BCUT2D eigenvalue weighted by atomic mass is 79.9. The molecule has 4 fully saturated rings. The van der Waals surface area contributed by atoms with Gasteiger partial charge in [0.2, 0.25) is 5.91 Å². The van der Waals surface area contributed by atoms with Gasteiger partial charge in [-0.1, -0.05) is 132 Å². The number of H-pyrrole nitrogens is 1. The Hall–Kier alpha value is -14.3. The van der Waals surface area contributed by atoms with Crippen molar-refractivity contribution in [2.75, 3.05) is 73.9 Å². The first-order valence-corrected chi connectivity index (χ1v) is 50.2. The molecule has 24 rings (SSSR count). The standard InChI is InChI=1S/C28H22BrFN4O3.C27H24BrN5O2.C27H23BrN4O3.C27H23BrN4O2S/c29-20-4-8-22(9-5-20)34-15-23(27(32-34)18-2-6-21(30)7-3-18)28-33(26(36)16-37-28)12-11-17-1-10-24-19(13-17)14-25(35)31-24;1-17-13-19-14-18(4-9-23(19)30-17)10-12-32-25(34)16-35-27(32)22-15-33(21-7-5-20(28)6-8-21)31-26(22)24-3-2-11-29-24;1-17-13-19-14-18(4-9-23(19)29-17)10-11-31-25(33)16-35-27(31)22-15-32(21-7-5-20(28)6-8-21)30-26(22)24-3-2-12-34-24;1-17-12-20-13-18(2-7-24(20)29-17)8-10-31-25(33)15-34-27(31)23-14-32(22-5-3-21(28)4-6-22)30-26(23)19-9-11-35-16-19/h1-10,13,15,28H,11-12,14,16H2,(H,31,35);2-9,11,14-15,27,29-30H,1,10,12-13,16H2;2-9,12,14-15,27,29H,1,10-11,13,16H2;2-7,9,11,13-14,16,27,29H,1,8,10,12,15H2/i1D,13D;;;. The van der Waals surface area contributed by atoms with Gasteiger partial charge in [-0.05, 0) is 251 Å². The average molecular weight is 2170 g/mol. The van der Waals surface area contributed by atoms with Crippen LogP contribution in [0.5, 0.6) is 0 Å². The van der Waals surface area contributed by atoms with Gasteiger partial charge >= 0.3 is 0 Å². The Labute approximate surface area is 857 Å². The van der Waals surface area contributed by atoms with Crippen LogP contribution < -0.4 is 21.3 Å². The van der Waals surface area contributed by atoms with Gasteiger partial charge in [0.1, 0.15) is 55.0 Å². The molecule has 9 aromatic carbocycles. The summed E-state index contributed by atoms with van der Waals surface area (Å²) in [5.74, 6) is -0.214. The molecule has 142 heavy (non-hydrogen) atoms. The Bertz CT molecular complexity index is 7110. The van der Waals surface area contributed by atoms with E-state index >= 15 is 0 Å². The molecule has 4 unspecified atom stereocenters. The van der Waals surface area contributed by atoms with Gasteiger partial charge in [0.15, 0.2) is 30.7 Å². The first-order chi connectivity index (χ1) is 69.9. The van der Waals surface area contributed by atoms with E-state index in [0.717, 1.165) is 153 Å². The lowest BCUT2D eigenvalue weighted by atomic mass is 10.0. The molecule has 8 aliphatic heterocycles. The van der Waals surface area contributed by atoms with E-state index in [1.54, 1.807) is 61.2 Å². The lowest BCUT2D eigenvalue weighted by Crippen LogP contribution is -2.30. The molecule has 0 spiro atoms. The predicted molar refractivity (Wildman–Crippen MR) is 555 cm³/mol. The zero-order valence-electron chi connectivity index (χ0n) is 78.3. The molecule has 7 aromatic heterocycles. The third kappa shape index (κ3) is 20.5. The van der Waals surface area contributed by atoms with Crippen molar-refractivity contribution in [2.45, 2.75) is 76.3 Å². The largest absolute Gasteiger partial charge is 0.463 e. The molecule has 5 N–H and O–H groups in total. The van der Waals surface area contributed by atoms with Crippen LogP contribution in [-0.4, -0.2) is 146 Å². The number of nitrogens with zero attached hydrogens (tertiary/aromatic N) is 12. The van der Waals surface area contributed by atoms with Crippen molar-refractivity contribution in [3.8, 4) is 68.1 Å². The number of carbonyl (C=O) groups excluding carboxylic acids is 5. The fourth-order valence-corrected chi connectivity index (χ4v) is 20.3. The van der Waals surface area contributed by atoms with Gasteiger partial charge in [-0.3, -0.25) is 24.0 Å². The fraction of sp³-hybridized carbons (Fsp3) is 0.183. The first-order valence-electron chi connectivity index (χ1n) is 47.1. The third-order valence-corrected chi connectivity index (χ3v) is 28.4. The lowest BCUT2D eigenvalue weighted by Gasteiger charge is -2.23. The van der Waals surface area contributed by atoms with Crippen LogP contribution in [0, 0.1) is 5.82 Å². The van der Waals surface area contributed by atoms with E-state index in [-0.39, 0.29) is 93.3 Å². The van der Waals surface area contributed by atoms with Crippen LogP contribution >= 0.6 is 75.1 Å². The number of fused-ring (bicyclic) bond motifs is 4. The number of nitrogens with one attached hydrogen (secondary N) is 5. The second-order valence-corrected chi connectivity index (χ2v) is 39.6. The summed E-state index contributed by atoms with van der Waals surface area (Å²) in [5.41, 5.74) is 27.4. The Morgan fingerprint density at radius 2 is 0.782 bits per heavy atom. The van der Waals surface area contributed by atoms with Crippen molar-refractivity contribution in [3.05, 3.63) is 400 Å². The number of hydrogen-bond donors (Lipinski definition) is 5. The number of thiophene rings is 1. The molecule has 4 atom stereocenters. The Balaban J connectivity index is 0.000000113. The van der Waals surface area contributed by atoms with Crippen LogP contribution in [0.15, 0.2) is 332 Å². The number of ether oxygens (including phenoxy) is 4. The van der Waals surface area contributed by atoms with Crippen LogP contribution in [0.3, 0.4) is 0 Å². The highest BCUT2D eigenvalue weighted by Crippen LogP contribution is 2.44. The second-order valence-electron chi connectivity index (χ2n) is 35.2. The molecular weight excluding hydrogens is 2080 g/mol. The smallest absolute Gasteiger partial charge is 0.250 e. The van der Waals surface area contributed by atoms with Crippen LogP contribution in [0.25, 0.3) is 68.1 Å². The van der Waals surface area contributed by atoms with Crippen molar-refractivity contribution in [2.24, 2.45) is 0 Å². The minimum atomic E-state index is -0.761. The number of furan rings is 1. The molecule has 0 bridgehead atoms. The van der Waals surface area contributed by atoms with E-state index in [1.165, 1.54) is 45.5 Å². The number of halogens is 5. The van der Waals surface area contributed by atoms with E-state index < -0.39 is 24.9 Å². The van der Waals surface area contributed by atoms with E-state index in [4.69, 9.17) is 46.5 Å². The van der Waals surface area contributed by atoms with Crippen LogP contribution in [0.4, 0.5) is 27.1 Å². The minimum Gasteiger partial charge on any atom is -0.463 e. The summed E-state index contributed by atoms with van der Waals surface area (Å²) in [7, 11) is 0. The summed E-state index contributed by atoms with van der Waals surface area (Å²) < 4.78 is 71.5. The summed E-state index contributed by atoms with van der Waals surface area (Å²) in [5, 5.41) is 36.0. The maximum atomic E-state index is 13.7. The number of carbonyl (C=O) groups is 5. The molecule has 4 saturated heterocycles. The Morgan fingerprint density at radius 3 is 1.17 bits per heavy atom. The molecular formula is C109H92Br4FN17O10S. The van der Waals surface area contributed by atoms with Crippen LogP contribution in [0.2, 0.25) is 0 Å². The van der Waals surface area contributed by atoms with Gasteiger partial charge in [0.25, 0.3) is 23.6 Å². The van der Waals surface area contributed by atoms with Crippen molar-refractivity contribution in [1.82, 2.24) is 63.7 Å². The highest BCUT2D eigenvalue weighted by molar-refractivity contribution is 9.11. The minimum absolute atomic E-state index is 0.00105. The predicted octanol–water partition coefficient (Wildman–Crippen LogP) is 21.7. The van der Waals surface area contributed by atoms with Gasteiger partial charge in [-0.2, -0.15) is 31.7 Å². The molecule has 0 aliphatic carbocycles. The average Bonchev–Trinajstić information content (AvgIpc) is 1.63. The Kier molecular flexibility index (Phi) is 26.5. The molecule has 8 aliphatic rings. The van der Waals surface area contributed by atoms with E-state index in [9.17, 15) is 28.4 Å². The third-order valence-electron chi connectivity index (χ3n) is 25.6. The number of rotatable bonds is 24. The first kappa shape index (κ1) is 91.5. The number of benzene rings is 9. The van der Waals surface area contributed by atoms with E-state index in [0.29, 0.717) is 64.7 Å². The molecule has 33 heteroatoms. The van der Waals surface area contributed by atoms with Gasteiger partial charge in [0, 0.05) is 167 Å². The lowest BCUT2D eigenvalue weighted by molar-refractivity contribution is -0.128. The zero-order valence-corrected chi connectivity index (χ0v) is 83.5. The molecule has 5 amide bonds. The molecule has 0 radical (unpaired) electrons. The highest BCUT2D eigenvalue weighted by Gasteiger charge is 2.42. The summed E-state index contributed by atoms with van der Waals surface area (Å²) in [4.78, 5) is 73.6. The molecule has 27 nitrogen and oxygen atoms in total. The number of aromatic amines is 1. The van der Waals surface area contributed by atoms with Crippen molar-refractivity contribution in [1.29, 1.82) is 0 Å². The number of amides is 5. The van der Waals surface area contributed by atoms with Crippen molar-refractivity contribution < 1.29 is 54.5 Å². The number of allylic oxidation sites excluding steroid dienone is 3. The molecule has 0 saturated carbocycles. The normalized spacial score (nSPS) is 17.3. The van der Waals surface area contributed by atoms with Gasteiger partial charge in [0.05, 0.1) is 49.4 Å². The SMILES string of the molecule is C=C1Cc2cc(CCN3C(=O)COC3c3cn(-c4ccc(Br)cc4)nc3-c3ccc[nH]3)ccc2N1.C=C1Cc2cc(CCN3C(=O)COC3c3cn(-c4ccc(Br)cc4)nc3-c3ccco3)ccc2N1.C=C1Cc2cc(CCN3C(=O)COC3c3cn(-c4ccc(Br)cc4)nc3-c3ccsc3)ccc2N1.[2H]c1cc2c(c([2H])c1CCN1C(=O)COC1c1cn(-c3ccc(Br)cc3)nc1-c1ccc(F)cc1)CC(=O)N2. The van der Waals surface area contributed by atoms with Crippen LogP contribution in [-0.2, 0) is 94.3 Å². The van der Waals surface area contributed by atoms with Gasteiger partial charge in [-0.25, -0.2) is 23.1 Å². The number of anilines is 4. The maximum Gasteiger partial charge on any atom is 0.250 e. The quantitative estimate of drug-likeness (QED) is 0.0376. The van der Waals surface area contributed by atoms with E-state index in [2.05, 4.69) is 176 Å². The zero-order chi connectivity index (χ0) is 99.1. The molecule has 15 heterocycles. The van der Waals surface area contributed by atoms with E-state index in [1.807, 2.05) is 171 Å². The summed E-state index contributed by atoms with van der Waals surface area (Å²) >= 11 is 15.5. The number of hydrogen-bond acceptors (Lipinski definition) is 18. The van der Waals surface area contributed by atoms with Gasteiger partial charge < -0.3 is 69.2 Å². The summed E-state index contributed by atoms with van der Waals surface area (Å²) in [6.07, 6.45) is 14.0. The van der Waals surface area contributed by atoms with Crippen molar-refractivity contribution in [3.63, 3.8) is 0 Å².